The van der Waals surface area contributed by atoms with Crippen molar-refractivity contribution in [3.8, 4) is 0 Å². The molecule has 0 atom stereocenters. The minimum Gasteiger partial charge on any atom is -0.334 e. The van der Waals surface area contributed by atoms with Crippen LogP contribution in [0.1, 0.15) is 42.9 Å². The van der Waals surface area contributed by atoms with Crippen molar-refractivity contribution in [3.63, 3.8) is 0 Å². The third kappa shape index (κ3) is 7.74. The molecule has 0 aromatic heterocycles. The van der Waals surface area contributed by atoms with Gasteiger partial charge >= 0.3 is 6.03 Å². The Morgan fingerprint density at radius 1 is 0.976 bits per heavy atom. The van der Waals surface area contributed by atoms with Crippen LogP contribution >= 0.6 is 0 Å². The predicted octanol–water partition coefficient (Wildman–Crippen LogP) is 5.57. The highest BCUT2D eigenvalue weighted by Gasteiger charge is 2.33. The number of anilines is 1. The zero-order chi connectivity index (χ0) is 30.3. The van der Waals surface area contributed by atoms with Gasteiger partial charge in [0, 0.05) is 37.9 Å². The fraction of sp³-hybridized carbons (Fsp3) is 0.375. The van der Waals surface area contributed by atoms with Gasteiger partial charge in [0.1, 0.15) is 5.82 Å². The molecule has 0 bridgehead atoms. The van der Waals surface area contributed by atoms with Crippen LogP contribution in [0.2, 0.25) is 0 Å². The summed E-state index contributed by atoms with van der Waals surface area (Å²) in [6.07, 6.45) is 1.57. The molecule has 1 fully saturated rings. The Kier molecular flexibility index (Phi) is 10.3. The molecule has 1 aliphatic heterocycles. The van der Waals surface area contributed by atoms with Crippen molar-refractivity contribution in [1.29, 1.82) is 0 Å². The Labute approximate surface area is 248 Å². The number of carbonyl (C=O) groups is 2. The molecule has 1 saturated heterocycles. The quantitative estimate of drug-likeness (QED) is 0.333. The molecule has 1 aliphatic rings. The topological polar surface area (TPSA) is 90.0 Å². The maximum absolute atomic E-state index is 14.0. The van der Waals surface area contributed by atoms with Crippen LogP contribution in [0.3, 0.4) is 0 Å². The number of amides is 3. The molecule has 3 amide bonds. The Bertz CT molecular complexity index is 1490. The van der Waals surface area contributed by atoms with E-state index in [0.29, 0.717) is 37.9 Å². The van der Waals surface area contributed by atoms with Crippen LogP contribution in [-0.2, 0) is 21.4 Å². The van der Waals surface area contributed by atoms with Gasteiger partial charge in [0.2, 0.25) is 15.9 Å². The standard InChI is InChI=1S/C32H39FN4O4S/c1-4-17-36(42(40,41)29-11-6-5-7-12-29)23-31(38)37(22-26-9-8-10-27(33)21-26)28-15-18-35(19-16-28)32(39)34-30-14-13-24(2)20-25(30)3/h5-14,20-21,28H,4,15-19,22-23H2,1-3H3,(H,34,39). The molecule has 10 heteroatoms. The molecule has 0 saturated carbocycles. The minimum absolute atomic E-state index is 0.131. The van der Waals surface area contributed by atoms with Crippen LogP contribution in [0.25, 0.3) is 0 Å². The second-order valence-corrected chi connectivity index (χ2v) is 12.7. The lowest BCUT2D eigenvalue weighted by atomic mass is 10.0. The maximum Gasteiger partial charge on any atom is 0.321 e. The van der Waals surface area contributed by atoms with Crippen molar-refractivity contribution in [3.05, 3.63) is 95.3 Å². The molecular formula is C32H39FN4O4S. The largest absolute Gasteiger partial charge is 0.334 e. The Balaban J connectivity index is 1.50. The summed E-state index contributed by atoms with van der Waals surface area (Å²) in [6.45, 7) is 6.67. The molecule has 1 N–H and O–H groups in total. The summed E-state index contributed by atoms with van der Waals surface area (Å²) in [4.78, 5) is 30.4. The molecule has 42 heavy (non-hydrogen) atoms. The maximum atomic E-state index is 14.0. The zero-order valence-corrected chi connectivity index (χ0v) is 25.2. The number of sulfonamides is 1. The number of aryl methyl sites for hydroxylation is 2. The molecule has 0 aliphatic carbocycles. The van der Waals surface area contributed by atoms with E-state index in [1.54, 1.807) is 40.1 Å². The third-order valence-electron chi connectivity index (χ3n) is 7.54. The lowest BCUT2D eigenvalue weighted by Crippen LogP contribution is -2.52. The lowest BCUT2D eigenvalue weighted by molar-refractivity contribution is -0.135. The number of benzene rings is 3. The number of urea groups is 1. The molecule has 8 nitrogen and oxygen atoms in total. The van der Waals surface area contributed by atoms with Gasteiger partial charge in [-0.2, -0.15) is 4.31 Å². The van der Waals surface area contributed by atoms with E-state index in [1.807, 2.05) is 39.0 Å². The number of carbonyl (C=O) groups excluding carboxylic acids is 2. The van der Waals surface area contributed by atoms with Gasteiger partial charge in [-0.1, -0.05) is 55.0 Å². The van der Waals surface area contributed by atoms with E-state index >= 15 is 0 Å². The summed E-state index contributed by atoms with van der Waals surface area (Å²) in [5.74, 6) is -0.762. The average Bonchev–Trinajstić information content (AvgIpc) is 2.97. The molecule has 1 heterocycles. The van der Waals surface area contributed by atoms with Crippen molar-refractivity contribution in [2.45, 2.75) is 57.5 Å². The molecule has 0 unspecified atom stereocenters. The summed E-state index contributed by atoms with van der Waals surface area (Å²) in [6, 6.07) is 19.6. The van der Waals surface area contributed by atoms with E-state index in [4.69, 9.17) is 0 Å². The van der Waals surface area contributed by atoms with Crippen LogP contribution in [0, 0.1) is 19.7 Å². The lowest BCUT2D eigenvalue weighted by Gasteiger charge is -2.39. The first-order valence-corrected chi connectivity index (χ1v) is 15.7. The fourth-order valence-corrected chi connectivity index (χ4v) is 6.80. The number of rotatable bonds is 10. The highest BCUT2D eigenvalue weighted by Crippen LogP contribution is 2.23. The first-order valence-electron chi connectivity index (χ1n) is 14.3. The SMILES string of the molecule is CCCN(CC(=O)N(Cc1cccc(F)c1)C1CCN(C(=O)Nc2ccc(C)cc2C)CC1)S(=O)(=O)c1ccccc1. The van der Waals surface area contributed by atoms with Crippen LogP contribution in [-0.4, -0.2) is 66.7 Å². The van der Waals surface area contributed by atoms with Gasteiger partial charge in [-0.15, -0.1) is 0 Å². The number of nitrogens with one attached hydrogen (secondary N) is 1. The van der Waals surface area contributed by atoms with Crippen LogP contribution in [0.5, 0.6) is 0 Å². The average molecular weight is 595 g/mol. The Hall–Kier alpha value is -3.76. The molecule has 224 valence electrons. The van der Waals surface area contributed by atoms with Crippen molar-refractivity contribution in [2.24, 2.45) is 0 Å². The van der Waals surface area contributed by atoms with Gasteiger partial charge in [0.15, 0.2) is 0 Å². The number of hydrogen-bond acceptors (Lipinski definition) is 4. The Morgan fingerprint density at radius 3 is 2.33 bits per heavy atom. The number of piperidine rings is 1. The molecule has 4 rings (SSSR count). The molecule has 0 radical (unpaired) electrons. The molecule has 3 aromatic carbocycles. The summed E-state index contributed by atoms with van der Waals surface area (Å²) >= 11 is 0. The number of halogens is 1. The van der Waals surface area contributed by atoms with E-state index in [1.165, 1.54) is 28.6 Å². The zero-order valence-electron chi connectivity index (χ0n) is 24.4. The first-order chi connectivity index (χ1) is 20.1. The highest BCUT2D eigenvalue weighted by atomic mass is 32.2. The fourth-order valence-electron chi connectivity index (χ4n) is 5.30. The molecular weight excluding hydrogens is 555 g/mol. The molecule has 3 aromatic rings. The van der Waals surface area contributed by atoms with E-state index in [0.717, 1.165) is 16.8 Å². The van der Waals surface area contributed by atoms with Crippen LogP contribution in [0.4, 0.5) is 14.9 Å². The second-order valence-electron chi connectivity index (χ2n) is 10.8. The first kappa shape index (κ1) is 31.2. The van der Waals surface area contributed by atoms with Crippen LogP contribution in [0.15, 0.2) is 77.7 Å². The summed E-state index contributed by atoms with van der Waals surface area (Å²) in [5, 5.41) is 2.98. The van der Waals surface area contributed by atoms with Gasteiger partial charge in [-0.25, -0.2) is 17.6 Å². The summed E-state index contributed by atoms with van der Waals surface area (Å²) < 4.78 is 42.1. The predicted molar refractivity (Wildman–Crippen MR) is 162 cm³/mol. The van der Waals surface area contributed by atoms with E-state index in [2.05, 4.69) is 5.32 Å². The monoisotopic (exact) mass is 594 g/mol. The minimum atomic E-state index is -3.89. The van der Waals surface area contributed by atoms with E-state index < -0.39 is 15.8 Å². The second kappa shape index (κ2) is 13.9. The highest BCUT2D eigenvalue weighted by molar-refractivity contribution is 7.89. The van der Waals surface area contributed by atoms with Crippen molar-refractivity contribution in [1.82, 2.24) is 14.1 Å². The van der Waals surface area contributed by atoms with Crippen molar-refractivity contribution in [2.75, 3.05) is 31.5 Å². The number of nitrogens with zero attached hydrogens (tertiary/aromatic N) is 3. The van der Waals surface area contributed by atoms with Gasteiger partial charge in [0.25, 0.3) is 0 Å². The summed E-state index contributed by atoms with van der Waals surface area (Å²) in [5.41, 5.74) is 3.47. The number of hydrogen-bond donors (Lipinski definition) is 1. The smallest absolute Gasteiger partial charge is 0.321 e. The van der Waals surface area contributed by atoms with E-state index in [9.17, 15) is 22.4 Å². The number of likely N-dealkylation sites (tertiary alicyclic amines) is 1. The van der Waals surface area contributed by atoms with Gasteiger partial charge < -0.3 is 15.1 Å². The normalized spacial score (nSPS) is 14.2. The van der Waals surface area contributed by atoms with Gasteiger partial charge in [-0.05, 0) is 74.6 Å². The summed E-state index contributed by atoms with van der Waals surface area (Å²) in [7, 11) is -3.89. The van der Waals surface area contributed by atoms with Crippen LogP contribution < -0.4 is 5.32 Å². The van der Waals surface area contributed by atoms with Gasteiger partial charge in [-0.3, -0.25) is 4.79 Å². The third-order valence-corrected chi connectivity index (χ3v) is 9.40. The Morgan fingerprint density at radius 2 is 1.69 bits per heavy atom. The molecule has 0 spiro atoms. The van der Waals surface area contributed by atoms with Crippen molar-refractivity contribution < 1.29 is 22.4 Å². The van der Waals surface area contributed by atoms with Gasteiger partial charge in [0.05, 0.1) is 11.4 Å². The van der Waals surface area contributed by atoms with E-state index in [-0.39, 0.29) is 42.5 Å². The van der Waals surface area contributed by atoms with Crippen molar-refractivity contribution >= 4 is 27.6 Å².